The van der Waals surface area contributed by atoms with E-state index in [-0.39, 0.29) is 5.91 Å². The van der Waals surface area contributed by atoms with E-state index in [1.165, 1.54) is 11.3 Å². The van der Waals surface area contributed by atoms with E-state index in [1.807, 2.05) is 32.2 Å². The Kier molecular flexibility index (Phi) is 4.92. The van der Waals surface area contributed by atoms with Gasteiger partial charge in [-0.2, -0.15) is 0 Å². The zero-order valence-corrected chi connectivity index (χ0v) is 15.3. The molecule has 3 aromatic rings. The van der Waals surface area contributed by atoms with Crippen molar-refractivity contribution in [2.75, 3.05) is 5.32 Å². The van der Waals surface area contributed by atoms with Crippen molar-refractivity contribution in [1.29, 1.82) is 0 Å². The number of aromatic nitrogens is 2. The summed E-state index contributed by atoms with van der Waals surface area (Å²) in [4.78, 5) is 22.1. The number of hydrogen-bond donors (Lipinski definition) is 1. The van der Waals surface area contributed by atoms with Crippen LogP contribution in [0.5, 0.6) is 5.75 Å². The van der Waals surface area contributed by atoms with Gasteiger partial charge in [-0.05, 0) is 39.0 Å². The predicted octanol–water partition coefficient (Wildman–Crippen LogP) is 4.36. The standard InChI is InChI=1S/C17H17N3O2S2/c1-10-11(2)24-17(18-10)20-16(21)13-5-4-6-15(7-13)22-8-14-9-23-12(3)19-14/h4-7,9H,8H2,1-3H3,(H,18,20,21). The normalized spacial score (nSPS) is 10.6. The van der Waals surface area contributed by atoms with Crippen LogP contribution >= 0.6 is 22.7 Å². The Morgan fingerprint density at radius 1 is 1.25 bits per heavy atom. The monoisotopic (exact) mass is 359 g/mol. The summed E-state index contributed by atoms with van der Waals surface area (Å²) in [6.45, 7) is 6.26. The van der Waals surface area contributed by atoms with Crippen LogP contribution in [0.2, 0.25) is 0 Å². The highest BCUT2D eigenvalue weighted by atomic mass is 32.1. The van der Waals surface area contributed by atoms with Gasteiger partial charge in [0.15, 0.2) is 5.13 Å². The first kappa shape index (κ1) is 16.6. The summed E-state index contributed by atoms with van der Waals surface area (Å²) in [5.74, 6) is 0.443. The number of nitrogens with zero attached hydrogens (tertiary/aromatic N) is 2. The van der Waals surface area contributed by atoms with Gasteiger partial charge in [0.2, 0.25) is 0 Å². The molecule has 0 radical (unpaired) electrons. The summed E-state index contributed by atoms with van der Waals surface area (Å²) < 4.78 is 5.72. The largest absolute Gasteiger partial charge is 0.487 e. The highest BCUT2D eigenvalue weighted by molar-refractivity contribution is 7.15. The molecule has 0 aliphatic rings. The summed E-state index contributed by atoms with van der Waals surface area (Å²) >= 11 is 3.06. The number of rotatable bonds is 5. The first-order valence-corrected chi connectivity index (χ1v) is 9.10. The molecule has 0 fully saturated rings. The maximum absolute atomic E-state index is 12.4. The number of anilines is 1. The minimum Gasteiger partial charge on any atom is -0.487 e. The molecule has 124 valence electrons. The van der Waals surface area contributed by atoms with E-state index in [9.17, 15) is 4.79 Å². The predicted molar refractivity (Wildman–Crippen MR) is 97.2 cm³/mol. The third-order valence-electron chi connectivity index (χ3n) is 3.40. The van der Waals surface area contributed by atoms with Gasteiger partial charge >= 0.3 is 0 Å². The zero-order valence-electron chi connectivity index (χ0n) is 13.6. The minimum atomic E-state index is -0.196. The summed E-state index contributed by atoms with van der Waals surface area (Å²) in [5, 5.41) is 6.42. The number of carbonyl (C=O) groups excluding carboxylic acids is 1. The van der Waals surface area contributed by atoms with Gasteiger partial charge < -0.3 is 4.74 Å². The average Bonchev–Trinajstić information content (AvgIpc) is 3.11. The molecule has 7 heteroatoms. The second kappa shape index (κ2) is 7.11. The third-order valence-corrected chi connectivity index (χ3v) is 5.21. The molecule has 0 saturated heterocycles. The van der Waals surface area contributed by atoms with Crippen molar-refractivity contribution in [3.63, 3.8) is 0 Å². The molecule has 0 aliphatic carbocycles. The van der Waals surface area contributed by atoms with Crippen LogP contribution in [0.1, 0.15) is 31.6 Å². The Labute approximate surface area is 148 Å². The van der Waals surface area contributed by atoms with Crippen molar-refractivity contribution in [1.82, 2.24) is 9.97 Å². The van der Waals surface area contributed by atoms with Crippen LogP contribution in [0.4, 0.5) is 5.13 Å². The van der Waals surface area contributed by atoms with Crippen molar-refractivity contribution in [3.8, 4) is 5.75 Å². The van der Waals surface area contributed by atoms with Gasteiger partial charge in [-0.1, -0.05) is 6.07 Å². The molecule has 1 aromatic carbocycles. The maximum Gasteiger partial charge on any atom is 0.257 e. The van der Waals surface area contributed by atoms with E-state index < -0.39 is 0 Å². The molecule has 2 aromatic heterocycles. The average molecular weight is 359 g/mol. The van der Waals surface area contributed by atoms with Crippen LogP contribution < -0.4 is 10.1 Å². The molecule has 24 heavy (non-hydrogen) atoms. The van der Waals surface area contributed by atoms with Crippen molar-refractivity contribution in [2.45, 2.75) is 27.4 Å². The van der Waals surface area contributed by atoms with E-state index in [2.05, 4.69) is 15.3 Å². The highest BCUT2D eigenvalue weighted by Crippen LogP contribution is 2.22. The molecular formula is C17H17N3O2S2. The van der Waals surface area contributed by atoms with E-state index in [0.29, 0.717) is 23.1 Å². The van der Waals surface area contributed by atoms with Crippen molar-refractivity contribution in [3.05, 3.63) is 56.5 Å². The Balaban J connectivity index is 1.66. The first-order chi connectivity index (χ1) is 11.5. The lowest BCUT2D eigenvalue weighted by Crippen LogP contribution is -2.11. The maximum atomic E-state index is 12.4. The van der Waals surface area contributed by atoms with Crippen molar-refractivity contribution < 1.29 is 9.53 Å². The Morgan fingerprint density at radius 3 is 2.75 bits per heavy atom. The van der Waals surface area contributed by atoms with Gasteiger partial charge in [0, 0.05) is 15.8 Å². The number of ether oxygens (including phenoxy) is 1. The van der Waals surface area contributed by atoms with Gasteiger partial charge in [0.25, 0.3) is 5.91 Å². The Bertz CT molecular complexity index is 851. The van der Waals surface area contributed by atoms with Gasteiger partial charge in [0.1, 0.15) is 12.4 Å². The van der Waals surface area contributed by atoms with Crippen LogP contribution in [0.3, 0.4) is 0 Å². The summed E-state index contributed by atoms with van der Waals surface area (Å²) in [6, 6.07) is 7.10. The van der Waals surface area contributed by atoms with E-state index in [1.54, 1.807) is 29.5 Å². The lowest BCUT2D eigenvalue weighted by molar-refractivity contribution is 0.102. The van der Waals surface area contributed by atoms with E-state index in [0.717, 1.165) is 21.3 Å². The van der Waals surface area contributed by atoms with Crippen LogP contribution in [-0.2, 0) is 6.61 Å². The van der Waals surface area contributed by atoms with Gasteiger partial charge in [-0.25, -0.2) is 9.97 Å². The Hall–Kier alpha value is -2.25. The van der Waals surface area contributed by atoms with Gasteiger partial charge in [-0.15, -0.1) is 22.7 Å². The third kappa shape index (κ3) is 3.98. The van der Waals surface area contributed by atoms with E-state index in [4.69, 9.17) is 4.74 Å². The minimum absolute atomic E-state index is 0.196. The fraction of sp³-hybridized carbons (Fsp3) is 0.235. The van der Waals surface area contributed by atoms with Crippen LogP contribution in [0.25, 0.3) is 0 Å². The van der Waals surface area contributed by atoms with Gasteiger partial charge in [0.05, 0.1) is 16.4 Å². The number of nitrogens with one attached hydrogen (secondary N) is 1. The molecule has 0 unspecified atom stereocenters. The quantitative estimate of drug-likeness (QED) is 0.735. The highest BCUT2D eigenvalue weighted by Gasteiger charge is 2.11. The molecule has 2 heterocycles. The number of benzene rings is 1. The first-order valence-electron chi connectivity index (χ1n) is 7.40. The smallest absolute Gasteiger partial charge is 0.257 e. The Morgan fingerprint density at radius 2 is 2.08 bits per heavy atom. The zero-order chi connectivity index (χ0) is 17.1. The summed E-state index contributed by atoms with van der Waals surface area (Å²) in [5.41, 5.74) is 2.36. The molecule has 1 amide bonds. The lowest BCUT2D eigenvalue weighted by atomic mass is 10.2. The topological polar surface area (TPSA) is 64.1 Å². The molecule has 0 atom stereocenters. The fourth-order valence-corrected chi connectivity index (χ4v) is 3.46. The molecule has 5 nitrogen and oxygen atoms in total. The molecule has 0 bridgehead atoms. The molecule has 3 rings (SSSR count). The SMILES string of the molecule is Cc1nc(COc2cccc(C(=O)Nc3nc(C)c(C)s3)c2)cs1. The second-order valence-electron chi connectivity index (χ2n) is 5.29. The van der Waals surface area contributed by atoms with Crippen molar-refractivity contribution in [2.24, 2.45) is 0 Å². The number of amides is 1. The van der Waals surface area contributed by atoms with Crippen LogP contribution in [0, 0.1) is 20.8 Å². The number of carbonyl (C=O) groups is 1. The molecular weight excluding hydrogens is 342 g/mol. The summed E-state index contributed by atoms with van der Waals surface area (Å²) in [6.07, 6.45) is 0. The number of thiazole rings is 2. The molecule has 0 spiro atoms. The molecule has 0 saturated carbocycles. The fourth-order valence-electron chi connectivity index (χ4n) is 2.05. The molecule has 0 aliphatic heterocycles. The summed E-state index contributed by atoms with van der Waals surface area (Å²) in [7, 11) is 0. The van der Waals surface area contributed by atoms with Crippen LogP contribution in [0.15, 0.2) is 29.6 Å². The van der Waals surface area contributed by atoms with Gasteiger partial charge in [-0.3, -0.25) is 10.1 Å². The molecule has 1 N–H and O–H groups in total. The number of aryl methyl sites for hydroxylation is 3. The van der Waals surface area contributed by atoms with E-state index >= 15 is 0 Å². The second-order valence-corrected chi connectivity index (χ2v) is 7.55. The van der Waals surface area contributed by atoms with Crippen LogP contribution in [-0.4, -0.2) is 15.9 Å². The van der Waals surface area contributed by atoms with Crippen molar-refractivity contribution >= 4 is 33.7 Å². The lowest BCUT2D eigenvalue weighted by Gasteiger charge is -2.07. The number of hydrogen-bond acceptors (Lipinski definition) is 6.